The molecule has 140 valence electrons. The summed E-state index contributed by atoms with van der Waals surface area (Å²) in [5.41, 5.74) is 5.98. The molecule has 0 unspecified atom stereocenters. The van der Waals surface area contributed by atoms with Crippen LogP contribution in [0.1, 0.15) is 37.9 Å². The lowest BCUT2D eigenvalue weighted by atomic mass is 10.1. The summed E-state index contributed by atoms with van der Waals surface area (Å²) in [6.45, 7) is 6.36. The molecule has 28 heavy (non-hydrogen) atoms. The van der Waals surface area contributed by atoms with Crippen LogP contribution in [0, 0.1) is 0 Å². The average Bonchev–Trinajstić information content (AvgIpc) is 2.73. The lowest BCUT2D eigenvalue weighted by Crippen LogP contribution is -2.00. The van der Waals surface area contributed by atoms with E-state index in [1.54, 1.807) is 6.20 Å². The number of aryl methyl sites for hydroxylation is 1. The predicted molar refractivity (Wildman–Crippen MR) is 112 cm³/mol. The Bertz CT molecular complexity index is 1120. The van der Waals surface area contributed by atoms with Gasteiger partial charge < -0.3 is 5.32 Å². The molecular formula is C22H22N6. The van der Waals surface area contributed by atoms with Crippen LogP contribution in [0.2, 0.25) is 0 Å². The number of anilines is 2. The third-order valence-corrected chi connectivity index (χ3v) is 4.65. The first-order valence-corrected chi connectivity index (χ1v) is 9.44. The summed E-state index contributed by atoms with van der Waals surface area (Å²) in [6, 6.07) is 12.0. The van der Waals surface area contributed by atoms with Crippen LogP contribution in [0.5, 0.6) is 0 Å². The quantitative estimate of drug-likeness (QED) is 0.538. The highest BCUT2D eigenvalue weighted by Gasteiger charge is 2.07. The van der Waals surface area contributed by atoms with Gasteiger partial charge in [0.05, 0.1) is 17.2 Å². The van der Waals surface area contributed by atoms with E-state index in [1.165, 1.54) is 0 Å². The fourth-order valence-electron chi connectivity index (χ4n) is 2.97. The maximum atomic E-state index is 4.72. The Hall–Kier alpha value is -3.41. The summed E-state index contributed by atoms with van der Waals surface area (Å²) in [5, 5.41) is 11.5. The van der Waals surface area contributed by atoms with Crippen LogP contribution in [-0.4, -0.2) is 25.1 Å². The largest absolute Gasteiger partial charge is 0.323 e. The van der Waals surface area contributed by atoms with Crippen LogP contribution < -0.4 is 5.32 Å². The van der Waals surface area contributed by atoms with Crippen molar-refractivity contribution in [1.29, 1.82) is 0 Å². The Kier molecular flexibility index (Phi) is 4.93. The highest BCUT2D eigenvalue weighted by atomic mass is 15.2. The normalized spacial score (nSPS) is 11.1. The average molecular weight is 370 g/mol. The van der Waals surface area contributed by atoms with Gasteiger partial charge in [0.15, 0.2) is 5.82 Å². The van der Waals surface area contributed by atoms with Crippen LogP contribution in [-0.2, 0) is 6.42 Å². The fourth-order valence-corrected chi connectivity index (χ4v) is 2.97. The first-order valence-electron chi connectivity index (χ1n) is 9.44. The highest BCUT2D eigenvalue weighted by molar-refractivity contribution is 5.81. The molecule has 0 fully saturated rings. The van der Waals surface area contributed by atoms with Crippen LogP contribution in [0.15, 0.2) is 55.0 Å². The molecule has 4 heterocycles. The molecule has 4 aromatic rings. The molecule has 0 aromatic carbocycles. The molecule has 6 nitrogen and oxygen atoms in total. The van der Waals surface area contributed by atoms with Crippen LogP contribution in [0.25, 0.3) is 22.2 Å². The van der Waals surface area contributed by atoms with Crippen LogP contribution in [0.4, 0.5) is 11.6 Å². The van der Waals surface area contributed by atoms with Gasteiger partial charge in [0, 0.05) is 23.7 Å². The summed E-state index contributed by atoms with van der Waals surface area (Å²) >= 11 is 0. The minimum atomic E-state index is 0.390. The Labute approximate surface area is 164 Å². The second-order valence-electron chi connectivity index (χ2n) is 7.00. The van der Waals surface area contributed by atoms with E-state index in [9.17, 15) is 0 Å². The maximum Gasteiger partial charge on any atom is 0.154 e. The van der Waals surface area contributed by atoms with Crippen molar-refractivity contribution in [3.05, 3.63) is 66.2 Å². The molecule has 4 rings (SSSR count). The summed E-state index contributed by atoms with van der Waals surface area (Å²) in [6.07, 6.45) is 6.41. The Morgan fingerprint density at radius 2 is 1.79 bits per heavy atom. The van der Waals surface area contributed by atoms with Crippen LogP contribution >= 0.6 is 0 Å². The van der Waals surface area contributed by atoms with Gasteiger partial charge in [-0.25, -0.2) is 4.98 Å². The second kappa shape index (κ2) is 7.68. The number of nitrogens with zero attached hydrogens (tertiary/aromatic N) is 5. The standard InChI is InChI=1S/C22H22N6/c1-4-18-9-15(7-8-23-18)17-10-20-19(24-12-17)5-6-21(26-20)27-22-11-16(14(2)3)13-25-28-22/h5-14H,4H2,1-3H3,(H,26,27,28). The minimum absolute atomic E-state index is 0.390. The molecule has 0 radical (unpaired) electrons. The summed E-state index contributed by atoms with van der Waals surface area (Å²) < 4.78 is 0. The van der Waals surface area contributed by atoms with Crippen molar-refractivity contribution in [2.75, 3.05) is 5.32 Å². The van der Waals surface area contributed by atoms with Crippen molar-refractivity contribution >= 4 is 22.7 Å². The van der Waals surface area contributed by atoms with Gasteiger partial charge >= 0.3 is 0 Å². The van der Waals surface area contributed by atoms with E-state index in [-0.39, 0.29) is 0 Å². The van der Waals surface area contributed by atoms with E-state index in [4.69, 9.17) is 4.98 Å². The smallest absolute Gasteiger partial charge is 0.154 e. The van der Waals surface area contributed by atoms with Gasteiger partial charge in [-0.15, -0.1) is 5.10 Å². The molecule has 4 aromatic heterocycles. The van der Waals surface area contributed by atoms with Gasteiger partial charge in [-0.05, 0) is 59.9 Å². The van der Waals surface area contributed by atoms with Crippen molar-refractivity contribution in [3.8, 4) is 11.1 Å². The van der Waals surface area contributed by atoms with E-state index >= 15 is 0 Å². The lowest BCUT2D eigenvalue weighted by Gasteiger charge is -2.09. The van der Waals surface area contributed by atoms with Gasteiger partial charge in [-0.1, -0.05) is 20.8 Å². The Morgan fingerprint density at radius 1 is 0.893 bits per heavy atom. The van der Waals surface area contributed by atoms with Gasteiger partial charge in [0.1, 0.15) is 5.82 Å². The fraction of sp³-hybridized carbons (Fsp3) is 0.227. The maximum absolute atomic E-state index is 4.72. The molecule has 1 N–H and O–H groups in total. The van der Waals surface area contributed by atoms with E-state index in [0.29, 0.717) is 17.6 Å². The number of rotatable bonds is 5. The Balaban J connectivity index is 1.67. The van der Waals surface area contributed by atoms with E-state index in [0.717, 1.165) is 39.8 Å². The van der Waals surface area contributed by atoms with Gasteiger partial charge in [-0.3, -0.25) is 9.97 Å². The zero-order chi connectivity index (χ0) is 19.5. The van der Waals surface area contributed by atoms with Crippen LogP contribution in [0.3, 0.4) is 0 Å². The zero-order valence-corrected chi connectivity index (χ0v) is 16.2. The van der Waals surface area contributed by atoms with Crippen molar-refractivity contribution in [1.82, 2.24) is 25.1 Å². The first kappa shape index (κ1) is 18.0. The molecule has 0 aliphatic heterocycles. The third-order valence-electron chi connectivity index (χ3n) is 4.65. The SMILES string of the molecule is CCc1cc(-c2cnc3ccc(Nc4cc(C(C)C)cnn4)nc3c2)ccn1. The van der Waals surface area contributed by atoms with Crippen molar-refractivity contribution in [2.24, 2.45) is 0 Å². The number of fused-ring (bicyclic) bond motifs is 1. The number of pyridine rings is 3. The van der Waals surface area contributed by atoms with E-state index < -0.39 is 0 Å². The van der Waals surface area contributed by atoms with Gasteiger partial charge in [-0.2, -0.15) is 5.10 Å². The first-order chi connectivity index (χ1) is 13.6. The summed E-state index contributed by atoms with van der Waals surface area (Å²) in [5.74, 6) is 1.79. The number of nitrogens with one attached hydrogen (secondary N) is 1. The monoisotopic (exact) mass is 370 g/mol. The number of hydrogen-bond acceptors (Lipinski definition) is 6. The molecule has 0 aliphatic rings. The molecule has 0 atom stereocenters. The summed E-state index contributed by atoms with van der Waals surface area (Å²) in [4.78, 5) is 13.6. The zero-order valence-electron chi connectivity index (χ0n) is 16.2. The van der Waals surface area contributed by atoms with Gasteiger partial charge in [0.2, 0.25) is 0 Å². The molecule has 0 saturated heterocycles. The molecule has 0 aliphatic carbocycles. The second-order valence-corrected chi connectivity index (χ2v) is 7.00. The highest BCUT2D eigenvalue weighted by Crippen LogP contribution is 2.24. The predicted octanol–water partition coefficient (Wildman–Crippen LogP) is 4.91. The van der Waals surface area contributed by atoms with Crippen molar-refractivity contribution in [2.45, 2.75) is 33.1 Å². The summed E-state index contributed by atoms with van der Waals surface area (Å²) in [7, 11) is 0. The van der Waals surface area contributed by atoms with Crippen molar-refractivity contribution < 1.29 is 0 Å². The minimum Gasteiger partial charge on any atom is -0.323 e. The number of aromatic nitrogens is 5. The molecule has 0 spiro atoms. The third kappa shape index (κ3) is 3.81. The lowest BCUT2D eigenvalue weighted by molar-refractivity contribution is 0.843. The molecule has 0 amide bonds. The molecule has 0 bridgehead atoms. The molecule has 0 saturated carbocycles. The molecular weight excluding hydrogens is 348 g/mol. The molecule has 6 heteroatoms. The number of hydrogen-bond donors (Lipinski definition) is 1. The Morgan fingerprint density at radius 3 is 2.61 bits per heavy atom. The van der Waals surface area contributed by atoms with Gasteiger partial charge in [0.25, 0.3) is 0 Å². The van der Waals surface area contributed by atoms with Crippen molar-refractivity contribution in [3.63, 3.8) is 0 Å². The van der Waals surface area contributed by atoms with E-state index in [1.807, 2.05) is 36.7 Å². The topological polar surface area (TPSA) is 76.5 Å². The van der Waals surface area contributed by atoms with E-state index in [2.05, 4.69) is 58.4 Å².